The number of fused-ring (bicyclic) bond motifs is 1. The van der Waals surface area contributed by atoms with Crippen LogP contribution in [-0.4, -0.2) is 28.7 Å². The zero-order valence-electron chi connectivity index (χ0n) is 14.2. The van der Waals surface area contributed by atoms with Crippen molar-refractivity contribution in [2.45, 2.75) is 23.4 Å². The Morgan fingerprint density at radius 1 is 1.08 bits per heavy atom. The lowest BCUT2D eigenvalue weighted by atomic mass is 10.0. The van der Waals surface area contributed by atoms with E-state index in [9.17, 15) is 9.36 Å². The van der Waals surface area contributed by atoms with Crippen LogP contribution in [0.15, 0.2) is 42.5 Å². The minimum atomic E-state index is -3.91. The highest BCUT2D eigenvalue weighted by molar-refractivity contribution is 7.55. The molecule has 2 aromatic carbocycles. The fraction of sp³-hybridized carbons (Fsp3) is 0.353. The van der Waals surface area contributed by atoms with E-state index < -0.39 is 23.1 Å². The quantitative estimate of drug-likeness (QED) is 0.456. The zero-order valence-corrected chi connectivity index (χ0v) is 17.4. The summed E-state index contributed by atoms with van der Waals surface area (Å²) in [4.78, 5) is 12.9. The van der Waals surface area contributed by atoms with Crippen LogP contribution in [0.3, 0.4) is 0 Å². The molecule has 9 heteroatoms. The summed E-state index contributed by atoms with van der Waals surface area (Å²) in [6.45, 7) is 3.40. The van der Waals surface area contributed by atoms with Crippen LogP contribution in [0.4, 0.5) is 0 Å². The van der Waals surface area contributed by atoms with E-state index in [-0.39, 0.29) is 13.2 Å². The average Bonchev–Trinajstić information content (AvgIpc) is 2.58. The van der Waals surface area contributed by atoms with Gasteiger partial charge in [0.1, 0.15) is 0 Å². The number of halogens is 3. The van der Waals surface area contributed by atoms with Gasteiger partial charge in [0.25, 0.3) is 5.91 Å². The fourth-order valence-corrected chi connectivity index (χ4v) is 5.48. The molecular formula is C17H19Cl3NO4P. The van der Waals surface area contributed by atoms with Crippen molar-refractivity contribution in [2.75, 3.05) is 13.2 Å². The Labute approximate surface area is 167 Å². The Morgan fingerprint density at radius 3 is 2.23 bits per heavy atom. The van der Waals surface area contributed by atoms with Gasteiger partial charge >= 0.3 is 7.60 Å². The van der Waals surface area contributed by atoms with Crippen molar-refractivity contribution in [3.8, 4) is 0 Å². The van der Waals surface area contributed by atoms with Gasteiger partial charge in [0.2, 0.25) is 3.79 Å². The molecule has 0 aromatic heterocycles. The van der Waals surface area contributed by atoms with Crippen LogP contribution in [0.2, 0.25) is 0 Å². The Bertz CT molecular complexity index is 810. The third-order valence-corrected chi connectivity index (χ3v) is 7.04. The molecule has 0 spiro atoms. The van der Waals surface area contributed by atoms with Crippen LogP contribution in [0.25, 0.3) is 10.8 Å². The molecule has 0 aliphatic rings. The van der Waals surface area contributed by atoms with Crippen LogP contribution in [0, 0.1) is 0 Å². The number of benzene rings is 2. The molecule has 0 radical (unpaired) electrons. The molecular weight excluding hydrogens is 420 g/mol. The Morgan fingerprint density at radius 2 is 1.65 bits per heavy atom. The second-order valence-electron chi connectivity index (χ2n) is 5.32. The van der Waals surface area contributed by atoms with Crippen LogP contribution in [-0.2, 0) is 13.6 Å². The first-order valence-electron chi connectivity index (χ1n) is 7.97. The lowest BCUT2D eigenvalue weighted by molar-refractivity contribution is 0.0939. The molecule has 5 nitrogen and oxygen atoms in total. The second kappa shape index (κ2) is 8.92. The molecule has 0 saturated carbocycles. The number of carbonyl (C=O) groups excluding carboxylic acids is 1. The van der Waals surface area contributed by atoms with Gasteiger partial charge in [-0.25, -0.2) is 0 Å². The fourth-order valence-electron chi connectivity index (χ4n) is 2.51. The summed E-state index contributed by atoms with van der Waals surface area (Å²) in [6, 6.07) is 12.6. The predicted octanol–water partition coefficient (Wildman–Crippen LogP) is 5.53. The molecule has 0 saturated heterocycles. The molecule has 1 N–H and O–H groups in total. The third kappa shape index (κ3) is 4.92. The SMILES string of the molecule is CCOP(=O)(OCC)[C@H](NC(=O)c1cccc2ccccc12)C(Cl)(Cl)Cl. The van der Waals surface area contributed by atoms with Gasteiger partial charge in [-0.05, 0) is 30.7 Å². The van der Waals surface area contributed by atoms with E-state index in [0.29, 0.717) is 5.56 Å². The number of amides is 1. The van der Waals surface area contributed by atoms with Crippen molar-refractivity contribution >= 4 is 59.1 Å². The number of nitrogens with one attached hydrogen (secondary N) is 1. The number of rotatable bonds is 7. The van der Waals surface area contributed by atoms with E-state index >= 15 is 0 Å². The molecule has 26 heavy (non-hydrogen) atoms. The highest BCUT2D eigenvalue weighted by Crippen LogP contribution is 2.58. The lowest BCUT2D eigenvalue weighted by Crippen LogP contribution is -2.44. The number of alkyl halides is 3. The van der Waals surface area contributed by atoms with Gasteiger partial charge in [0.05, 0.1) is 13.2 Å². The first-order chi connectivity index (χ1) is 12.2. The standard InChI is InChI=1S/C17H19Cl3NO4P/c1-3-24-26(23,25-4-2)16(17(18,19)20)21-15(22)14-11-7-9-12-8-5-6-10-13(12)14/h5-11,16H,3-4H2,1-2H3,(H,21,22)/t16-/m0/s1. The third-order valence-electron chi connectivity index (χ3n) is 3.55. The molecule has 1 amide bonds. The van der Waals surface area contributed by atoms with Gasteiger partial charge in [-0.1, -0.05) is 71.2 Å². The lowest BCUT2D eigenvalue weighted by Gasteiger charge is -2.31. The highest BCUT2D eigenvalue weighted by Gasteiger charge is 2.49. The van der Waals surface area contributed by atoms with Crippen molar-refractivity contribution in [1.82, 2.24) is 5.32 Å². The Hall–Kier alpha value is -0.810. The van der Waals surface area contributed by atoms with Gasteiger partial charge in [0.15, 0.2) is 5.78 Å². The van der Waals surface area contributed by atoms with Gasteiger partial charge in [-0.3, -0.25) is 9.36 Å². The van der Waals surface area contributed by atoms with Gasteiger partial charge < -0.3 is 14.4 Å². The summed E-state index contributed by atoms with van der Waals surface area (Å²) in [5.41, 5.74) is 0.363. The van der Waals surface area contributed by atoms with E-state index in [4.69, 9.17) is 43.9 Å². The zero-order chi connectivity index (χ0) is 19.4. The smallest absolute Gasteiger partial charge is 0.334 e. The summed E-state index contributed by atoms with van der Waals surface area (Å²) in [5.74, 6) is -2.01. The van der Waals surface area contributed by atoms with Crippen molar-refractivity contribution in [2.24, 2.45) is 0 Å². The summed E-state index contributed by atoms with van der Waals surface area (Å²) in [6.07, 6.45) is 0. The minimum absolute atomic E-state index is 0.0681. The first kappa shape index (κ1) is 21.5. The molecule has 0 fully saturated rings. The average molecular weight is 439 g/mol. The van der Waals surface area contributed by atoms with Crippen molar-refractivity contribution in [3.63, 3.8) is 0 Å². The normalized spacial score (nSPS) is 13.6. The Balaban J connectivity index is 2.42. The Kier molecular flexibility index (Phi) is 7.37. The van der Waals surface area contributed by atoms with Crippen molar-refractivity contribution < 1.29 is 18.4 Å². The molecule has 2 aromatic rings. The summed E-state index contributed by atoms with van der Waals surface area (Å²) in [7, 11) is -3.91. The molecule has 2 rings (SSSR count). The number of hydrogen-bond acceptors (Lipinski definition) is 4. The molecule has 0 aliphatic carbocycles. The van der Waals surface area contributed by atoms with Crippen molar-refractivity contribution in [1.29, 1.82) is 0 Å². The number of hydrogen-bond donors (Lipinski definition) is 1. The molecule has 0 unspecified atom stereocenters. The van der Waals surface area contributed by atoms with Crippen LogP contribution < -0.4 is 5.32 Å². The molecule has 0 bridgehead atoms. The molecule has 142 valence electrons. The van der Waals surface area contributed by atoms with Crippen molar-refractivity contribution in [3.05, 3.63) is 48.0 Å². The summed E-state index contributed by atoms with van der Waals surface area (Å²) in [5, 5.41) is 4.13. The molecule has 1 atom stereocenters. The van der Waals surface area contributed by atoms with Crippen LogP contribution >= 0.6 is 42.4 Å². The van der Waals surface area contributed by atoms with Gasteiger partial charge in [-0.15, -0.1) is 0 Å². The van der Waals surface area contributed by atoms with Crippen LogP contribution in [0.5, 0.6) is 0 Å². The van der Waals surface area contributed by atoms with E-state index in [1.54, 1.807) is 32.0 Å². The van der Waals surface area contributed by atoms with E-state index in [1.165, 1.54) is 0 Å². The summed E-state index contributed by atoms with van der Waals surface area (Å²) >= 11 is 18.0. The maximum atomic E-state index is 13.1. The maximum absolute atomic E-state index is 13.1. The van der Waals surface area contributed by atoms with E-state index in [2.05, 4.69) is 5.32 Å². The minimum Gasteiger partial charge on any atom is -0.334 e. The highest BCUT2D eigenvalue weighted by atomic mass is 35.6. The topological polar surface area (TPSA) is 64.6 Å². The summed E-state index contributed by atoms with van der Waals surface area (Å²) < 4.78 is 21.5. The molecule has 0 aliphatic heterocycles. The maximum Gasteiger partial charge on any atom is 0.357 e. The van der Waals surface area contributed by atoms with E-state index in [1.807, 2.05) is 24.3 Å². The van der Waals surface area contributed by atoms with E-state index in [0.717, 1.165) is 10.8 Å². The molecule has 0 heterocycles. The van der Waals surface area contributed by atoms with Crippen LogP contribution in [0.1, 0.15) is 24.2 Å². The van der Waals surface area contributed by atoms with Gasteiger partial charge in [0, 0.05) is 5.56 Å². The number of carbonyl (C=O) groups is 1. The predicted molar refractivity (Wildman–Crippen MR) is 106 cm³/mol. The second-order valence-corrected chi connectivity index (χ2v) is 9.80. The first-order valence-corrected chi connectivity index (χ1v) is 10.7. The largest absolute Gasteiger partial charge is 0.357 e. The van der Waals surface area contributed by atoms with Gasteiger partial charge in [-0.2, -0.15) is 0 Å². The monoisotopic (exact) mass is 437 g/mol.